The molecule has 1 aromatic heterocycles. The number of phenolic OH excluding ortho intramolecular Hbond substituents is 1. The van der Waals surface area contributed by atoms with Gasteiger partial charge in [-0.1, -0.05) is 62.6 Å². The average molecular weight is 778 g/mol. The number of aliphatic hydroxyl groups is 2. The fraction of sp³-hybridized carbons (Fsp3) is 0.489. The summed E-state index contributed by atoms with van der Waals surface area (Å²) in [5.74, 6) is 1.60. The number of aliphatic hydroxyl groups excluding tert-OH is 2. The second-order valence-corrected chi connectivity index (χ2v) is 16.4. The summed E-state index contributed by atoms with van der Waals surface area (Å²) in [7, 11) is 1.68. The molecule has 5 N–H and O–H groups in total. The van der Waals surface area contributed by atoms with Crippen molar-refractivity contribution in [3.63, 3.8) is 0 Å². The molecular weight excluding hydrogens is 719 g/mol. The summed E-state index contributed by atoms with van der Waals surface area (Å²) in [6, 6.07) is 17.1. The molecule has 0 amide bonds. The predicted octanol–water partition coefficient (Wildman–Crippen LogP) is 7.20. The Morgan fingerprint density at radius 2 is 1.89 bits per heavy atom. The summed E-state index contributed by atoms with van der Waals surface area (Å²) < 4.78 is 27.0. The average Bonchev–Trinajstić information content (AvgIpc) is 3.68. The molecule has 3 aliphatic heterocycles. The third-order valence-corrected chi connectivity index (χ3v) is 12.8. The van der Waals surface area contributed by atoms with E-state index in [4.69, 9.17) is 18.9 Å². The number of nitrogens with zero attached hydrogens (tertiary/aromatic N) is 1. The molecule has 0 spiro atoms. The minimum Gasteiger partial charge on any atom is -0.504 e. The maximum absolute atomic E-state index is 11.4. The van der Waals surface area contributed by atoms with Crippen LogP contribution in [0.2, 0.25) is 0 Å². The van der Waals surface area contributed by atoms with E-state index in [-0.39, 0.29) is 36.6 Å². The number of aromatic nitrogens is 1. The van der Waals surface area contributed by atoms with Crippen LogP contribution in [-0.2, 0) is 45.7 Å². The molecule has 3 aromatic carbocycles. The van der Waals surface area contributed by atoms with Crippen molar-refractivity contribution < 1.29 is 34.3 Å². The van der Waals surface area contributed by atoms with Gasteiger partial charge in [0.15, 0.2) is 11.5 Å². The first-order chi connectivity index (χ1) is 27.9. The number of hydrogen-bond donors (Lipinski definition) is 5. The minimum atomic E-state index is -0.600. The summed E-state index contributed by atoms with van der Waals surface area (Å²) in [4.78, 5) is 0. The largest absolute Gasteiger partial charge is 0.504 e. The molecule has 0 radical (unpaired) electrons. The Hall–Kier alpha value is -4.16. The van der Waals surface area contributed by atoms with Crippen molar-refractivity contribution in [3.8, 4) is 11.5 Å². The van der Waals surface area contributed by atoms with E-state index in [1.165, 1.54) is 16.7 Å². The van der Waals surface area contributed by atoms with Gasteiger partial charge in [0.2, 0.25) is 0 Å². The number of fused-ring (bicyclic) bond motifs is 7. The second kappa shape index (κ2) is 17.8. The van der Waals surface area contributed by atoms with E-state index in [1.807, 2.05) is 6.07 Å². The molecule has 4 aromatic rings. The van der Waals surface area contributed by atoms with E-state index in [2.05, 4.69) is 83.1 Å². The van der Waals surface area contributed by atoms with Gasteiger partial charge in [-0.2, -0.15) is 0 Å². The van der Waals surface area contributed by atoms with E-state index in [0.717, 1.165) is 84.8 Å². The third-order valence-electron chi connectivity index (χ3n) is 12.8. The zero-order valence-electron chi connectivity index (χ0n) is 33.5. The molecular formula is C47H59N3O7. The van der Waals surface area contributed by atoms with Crippen LogP contribution in [0.1, 0.15) is 91.7 Å². The lowest BCUT2D eigenvalue weighted by molar-refractivity contribution is 0.00498. The Bertz CT molecular complexity index is 2090. The second-order valence-electron chi connectivity index (χ2n) is 16.4. The molecule has 1 unspecified atom stereocenters. The number of methoxy groups -OCH3 is 1. The van der Waals surface area contributed by atoms with Gasteiger partial charge in [0, 0.05) is 47.9 Å². The molecule has 304 valence electrons. The molecule has 1 saturated heterocycles. The molecule has 0 saturated carbocycles. The van der Waals surface area contributed by atoms with Gasteiger partial charge in [-0.3, -0.25) is 5.32 Å². The van der Waals surface area contributed by atoms with E-state index in [0.29, 0.717) is 56.4 Å². The summed E-state index contributed by atoms with van der Waals surface area (Å²) in [6.07, 6.45) is 16.3. The Labute approximate surface area is 336 Å². The van der Waals surface area contributed by atoms with Crippen LogP contribution < -0.4 is 15.4 Å². The number of rotatable bonds is 9. The molecule has 5 atom stereocenters. The van der Waals surface area contributed by atoms with Crippen LogP contribution in [-0.4, -0.2) is 71.9 Å². The van der Waals surface area contributed by atoms with Crippen LogP contribution in [0.15, 0.2) is 78.6 Å². The number of dihydropyridines is 1. The smallest absolute Gasteiger partial charge is 0.161 e. The maximum atomic E-state index is 11.4. The van der Waals surface area contributed by atoms with Crippen molar-refractivity contribution in [1.29, 1.82) is 0 Å². The van der Waals surface area contributed by atoms with Crippen molar-refractivity contribution in [1.82, 2.24) is 15.2 Å². The number of phenols is 1. The number of unbranched alkanes of at least 4 members (excludes halogenated alkanes) is 2. The molecule has 1 aliphatic carbocycles. The topological polar surface area (TPSA) is 127 Å². The molecule has 10 nitrogen and oxygen atoms in total. The highest BCUT2D eigenvalue weighted by atomic mass is 16.5. The van der Waals surface area contributed by atoms with E-state index < -0.39 is 6.10 Å². The Morgan fingerprint density at radius 1 is 1.02 bits per heavy atom. The van der Waals surface area contributed by atoms with Crippen molar-refractivity contribution in [2.24, 2.45) is 5.92 Å². The number of hydrogen-bond acceptors (Lipinski definition) is 9. The first kappa shape index (κ1) is 39.7. The minimum absolute atomic E-state index is 0.0148. The maximum Gasteiger partial charge on any atom is 0.161 e. The highest BCUT2D eigenvalue weighted by Gasteiger charge is 2.47. The number of aryl methyl sites for hydroxylation is 2. The summed E-state index contributed by atoms with van der Waals surface area (Å²) in [5.41, 5.74) is 7.37. The molecule has 4 heterocycles. The zero-order chi connectivity index (χ0) is 39.4. The van der Waals surface area contributed by atoms with Gasteiger partial charge in [-0.05, 0) is 109 Å². The van der Waals surface area contributed by atoms with Crippen LogP contribution in [0.25, 0.3) is 16.6 Å². The fourth-order valence-corrected chi connectivity index (χ4v) is 9.74. The van der Waals surface area contributed by atoms with Crippen molar-refractivity contribution in [2.75, 3.05) is 33.7 Å². The van der Waals surface area contributed by atoms with Gasteiger partial charge in [0.25, 0.3) is 0 Å². The fourth-order valence-electron chi connectivity index (χ4n) is 9.74. The number of ether oxygens (including phenoxy) is 4. The molecule has 4 aliphatic rings. The standard InChI is InChI=1S/C47H59N3O7/c1-3-4-5-9-40-23-39(52)15-12-32-22-44(43(53)21-35(32)26-51)57-28-36-20-38(47-17-18-55-29-37(47)14-11-31-8-6-7-10-42(31)47)19-34-24-50(25-41(34)36)46-33(27-56-40)13-16-45(49-46)48-30-54-2/h6-8,10,13,16,19-22,24-25,37,39-40,45,48-49,51-53H,3-5,9,11-12,14-15,17-18,23,26-30H2,1-2H3/t37-,39-,40+,45?,47-/m1/s1. The normalized spacial score (nSPS) is 25.2. The van der Waals surface area contributed by atoms with Gasteiger partial charge in [0.1, 0.15) is 12.4 Å². The highest BCUT2D eigenvalue weighted by molar-refractivity contribution is 5.88. The van der Waals surface area contributed by atoms with Crippen LogP contribution >= 0.6 is 0 Å². The van der Waals surface area contributed by atoms with Crippen LogP contribution in [0, 0.1) is 5.92 Å². The Morgan fingerprint density at radius 3 is 2.75 bits per heavy atom. The molecule has 57 heavy (non-hydrogen) atoms. The zero-order valence-corrected chi connectivity index (χ0v) is 33.5. The third kappa shape index (κ3) is 8.26. The first-order valence-corrected chi connectivity index (χ1v) is 21.0. The van der Waals surface area contributed by atoms with Crippen molar-refractivity contribution in [2.45, 2.75) is 108 Å². The number of nitrogens with one attached hydrogen (secondary N) is 2. The van der Waals surface area contributed by atoms with Crippen molar-refractivity contribution >= 4 is 16.6 Å². The molecule has 8 rings (SSSR count). The quantitative estimate of drug-likeness (QED) is 0.0887. The van der Waals surface area contributed by atoms with Gasteiger partial charge in [0.05, 0.1) is 44.9 Å². The van der Waals surface area contributed by atoms with Crippen molar-refractivity contribution in [3.05, 3.63) is 112 Å². The van der Waals surface area contributed by atoms with E-state index in [9.17, 15) is 15.3 Å². The molecule has 4 bridgehead atoms. The first-order valence-electron chi connectivity index (χ1n) is 21.0. The SMILES string of the molecule is CCCCC[C@H]1C[C@H](O)CCc2cc(c(O)cc2CO)OCc2cc([C@@]34CCOC[C@H]3CCc3ccccc34)cc3cn(cc23)C2=C(C=CC(NCOC)N2)CO1. The summed E-state index contributed by atoms with van der Waals surface area (Å²) in [6.45, 7) is 4.40. The lowest BCUT2D eigenvalue weighted by Gasteiger charge is -2.49. The Balaban J connectivity index is 1.28. The van der Waals surface area contributed by atoms with E-state index >= 15 is 0 Å². The number of benzene rings is 3. The monoisotopic (exact) mass is 777 g/mol. The molecule has 10 heteroatoms. The van der Waals surface area contributed by atoms with Gasteiger partial charge in [-0.25, -0.2) is 0 Å². The van der Waals surface area contributed by atoms with Gasteiger partial charge >= 0.3 is 0 Å². The van der Waals surface area contributed by atoms with Gasteiger partial charge in [-0.15, -0.1) is 0 Å². The summed E-state index contributed by atoms with van der Waals surface area (Å²) >= 11 is 0. The molecule has 1 fully saturated rings. The van der Waals surface area contributed by atoms with E-state index in [1.54, 1.807) is 13.2 Å². The highest BCUT2D eigenvalue weighted by Crippen LogP contribution is 2.52. The van der Waals surface area contributed by atoms with Gasteiger partial charge < -0.3 is 44.2 Å². The summed E-state index contributed by atoms with van der Waals surface area (Å²) in [5, 5.41) is 42.1. The predicted molar refractivity (Wildman–Crippen MR) is 222 cm³/mol. The van der Waals surface area contributed by atoms with Crippen LogP contribution in [0.3, 0.4) is 0 Å². The van der Waals surface area contributed by atoms with Crippen LogP contribution in [0.4, 0.5) is 0 Å². The Kier molecular flexibility index (Phi) is 12.4. The lowest BCUT2D eigenvalue weighted by Crippen LogP contribution is -2.47. The van der Waals surface area contributed by atoms with Crippen LogP contribution in [0.5, 0.6) is 11.5 Å². The number of aromatic hydroxyl groups is 1. The lowest BCUT2D eigenvalue weighted by atomic mass is 9.57.